The van der Waals surface area contributed by atoms with Crippen molar-refractivity contribution in [1.29, 1.82) is 5.26 Å². The number of carbonyl (C=O) groups excluding carboxylic acids is 1. The van der Waals surface area contributed by atoms with E-state index in [9.17, 15) is 10.1 Å². The second-order valence-electron chi connectivity index (χ2n) is 11.1. The lowest BCUT2D eigenvalue weighted by atomic mass is 9.87. The highest BCUT2D eigenvalue weighted by Gasteiger charge is 2.46. The second kappa shape index (κ2) is 10.7. The molecule has 14 heteroatoms. The number of esters is 1. The quantitative estimate of drug-likeness (QED) is 0.172. The minimum Gasteiger partial charge on any atom is -0.464 e. The van der Waals surface area contributed by atoms with E-state index in [0.29, 0.717) is 49.3 Å². The van der Waals surface area contributed by atoms with E-state index in [-0.39, 0.29) is 12.1 Å². The van der Waals surface area contributed by atoms with Gasteiger partial charge in [0.2, 0.25) is 0 Å². The predicted molar refractivity (Wildman–Crippen MR) is 151 cm³/mol. The van der Waals surface area contributed by atoms with E-state index in [1.54, 1.807) is 4.68 Å². The van der Waals surface area contributed by atoms with Crippen molar-refractivity contribution in [3.63, 3.8) is 0 Å². The highest BCUT2D eigenvalue weighted by molar-refractivity contribution is 6.76. The summed E-state index contributed by atoms with van der Waals surface area (Å²) >= 11 is 0. The van der Waals surface area contributed by atoms with E-state index in [1.807, 2.05) is 27.9 Å². The summed E-state index contributed by atoms with van der Waals surface area (Å²) in [6, 6.07) is 5.33. The molecule has 0 radical (unpaired) electrons. The Morgan fingerprint density at radius 3 is 2.67 bits per heavy atom. The molecule has 0 bridgehead atoms. The van der Waals surface area contributed by atoms with Crippen LogP contribution in [-0.4, -0.2) is 75.1 Å². The third kappa shape index (κ3) is 5.25. The van der Waals surface area contributed by atoms with Gasteiger partial charge in [-0.05, 0) is 12.1 Å². The monoisotopic (exact) mass is 560 g/mol. The van der Waals surface area contributed by atoms with Crippen LogP contribution < -0.4 is 10.6 Å². The summed E-state index contributed by atoms with van der Waals surface area (Å²) in [6.07, 6.45) is 8.41. The molecule has 0 aromatic carbocycles. The molecule has 1 fully saturated rings. The Morgan fingerprint density at radius 2 is 2.00 bits per heavy atom. The number of nitrogens with zero attached hydrogens (tertiary/aromatic N) is 9. The first-order valence-electron chi connectivity index (χ1n) is 12.9. The molecule has 2 N–H and O–H groups in total. The maximum atomic E-state index is 11.7. The molecule has 13 nitrogen and oxygen atoms in total. The summed E-state index contributed by atoms with van der Waals surface area (Å²) in [6.45, 7) is 9.03. The Morgan fingerprint density at radius 1 is 1.20 bits per heavy atom. The van der Waals surface area contributed by atoms with Crippen LogP contribution in [0.4, 0.5) is 11.6 Å². The van der Waals surface area contributed by atoms with Gasteiger partial charge in [-0.15, -0.1) is 0 Å². The van der Waals surface area contributed by atoms with Crippen LogP contribution >= 0.6 is 0 Å². The fraction of sp³-hybridized carbons (Fsp3) is 0.423. The summed E-state index contributed by atoms with van der Waals surface area (Å²) in [5.74, 6) is 0.356. The Bertz CT molecular complexity index is 1560. The lowest BCUT2D eigenvalue weighted by Crippen LogP contribution is -2.63. The van der Waals surface area contributed by atoms with Crippen molar-refractivity contribution < 1.29 is 14.3 Å². The number of hydrogen-bond donors (Lipinski definition) is 1. The van der Waals surface area contributed by atoms with Crippen molar-refractivity contribution in [2.75, 3.05) is 37.4 Å². The maximum absolute atomic E-state index is 11.7. The van der Waals surface area contributed by atoms with E-state index >= 15 is 0 Å². The van der Waals surface area contributed by atoms with Crippen molar-refractivity contribution in [3.05, 3.63) is 42.9 Å². The highest BCUT2D eigenvalue weighted by Crippen LogP contribution is 2.38. The molecule has 0 aliphatic carbocycles. The van der Waals surface area contributed by atoms with Crippen LogP contribution in [0.2, 0.25) is 25.7 Å². The van der Waals surface area contributed by atoms with Gasteiger partial charge in [-0.3, -0.25) is 4.68 Å². The van der Waals surface area contributed by atoms with E-state index in [4.69, 9.17) is 10.5 Å². The number of methoxy groups -OCH3 is 1. The normalized spacial score (nSPS) is 14.6. The average Bonchev–Trinajstić information content (AvgIpc) is 3.51. The van der Waals surface area contributed by atoms with Gasteiger partial charge in [0.15, 0.2) is 11.5 Å². The van der Waals surface area contributed by atoms with Crippen LogP contribution in [0.1, 0.15) is 16.9 Å². The van der Waals surface area contributed by atoms with E-state index in [1.165, 1.54) is 25.8 Å². The van der Waals surface area contributed by atoms with E-state index in [2.05, 4.69) is 55.5 Å². The number of carbonyl (C=O) groups is 1. The topological polar surface area (TPSA) is 163 Å². The number of anilines is 2. The molecule has 208 valence electrons. The molecule has 0 unspecified atom stereocenters. The molecule has 1 aliphatic heterocycles. The van der Waals surface area contributed by atoms with Crippen LogP contribution in [0.3, 0.4) is 0 Å². The summed E-state index contributed by atoms with van der Waals surface area (Å²) in [5, 5.41) is 15.1. The summed E-state index contributed by atoms with van der Waals surface area (Å²) in [5.41, 5.74) is 8.01. The molecule has 4 aromatic heterocycles. The van der Waals surface area contributed by atoms with Crippen LogP contribution in [0.25, 0.3) is 22.3 Å². The molecule has 1 aliphatic rings. The first-order chi connectivity index (χ1) is 19.1. The molecule has 0 spiro atoms. The zero-order chi connectivity index (χ0) is 28.5. The average molecular weight is 561 g/mol. The molecule has 0 amide bonds. The van der Waals surface area contributed by atoms with Crippen molar-refractivity contribution >= 4 is 36.7 Å². The van der Waals surface area contributed by atoms with Gasteiger partial charge in [-0.1, -0.05) is 19.6 Å². The van der Waals surface area contributed by atoms with Gasteiger partial charge in [0.05, 0.1) is 43.3 Å². The third-order valence-electron chi connectivity index (χ3n) is 7.00. The fourth-order valence-corrected chi connectivity index (χ4v) is 5.44. The van der Waals surface area contributed by atoms with Crippen molar-refractivity contribution in [3.8, 4) is 17.3 Å². The Hall–Kier alpha value is -4.35. The molecule has 40 heavy (non-hydrogen) atoms. The van der Waals surface area contributed by atoms with Gasteiger partial charge in [0.25, 0.3) is 0 Å². The van der Waals surface area contributed by atoms with Crippen molar-refractivity contribution in [2.45, 2.75) is 44.4 Å². The number of nitrogen functional groups attached to an aromatic ring is 1. The zero-order valence-electron chi connectivity index (χ0n) is 23.0. The van der Waals surface area contributed by atoms with Gasteiger partial charge in [0, 0.05) is 45.6 Å². The van der Waals surface area contributed by atoms with Crippen LogP contribution in [0.15, 0.2) is 37.2 Å². The lowest BCUT2D eigenvalue weighted by molar-refractivity contribution is 0.0593. The number of nitriles is 1. The molecule has 0 saturated carbocycles. The van der Waals surface area contributed by atoms with Crippen molar-refractivity contribution in [2.24, 2.45) is 0 Å². The van der Waals surface area contributed by atoms with E-state index in [0.717, 1.165) is 17.1 Å². The Balaban J connectivity index is 1.36. The fourth-order valence-electron chi connectivity index (χ4n) is 4.68. The van der Waals surface area contributed by atoms with Gasteiger partial charge in [0.1, 0.15) is 30.1 Å². The number of nitrogens with two attached hydrogens (primary N) is 1. The molecule has 5 rings (SSSR count). The van der Waals surface area contributed by atoms with Crippen molar-refractivity contribution in [1.82, 2.24) is 34.3 Å². The predicted octanol–water partition coefficient (Wildman–Crippen LogP) is 2.90. The largest absolute Gasteiger partial charge is 0.464 e. The Kier molecular flexibility index (Phi) is 7.26. The maximum Gasteiger partial charge on any atom is 0.358 e. The number of rotatable bonds is 10. The summed E-state index contributed by atoms with van der Waals surface area (Å²) in [7, 11) is 0.121. The number of ether oxygens (including phenoxy) is 2. The Labute approximate surface area is 232 Å². The second-order valence-corrected chi connectivity index (χ2v) is 16.8. The summed E-state index contributed by atoms with van der Waals surface area (Å²) in [4.78, 5) is 31.1. The summed E-state index contributed by atoms with van der Waals surface area (Å²) < 4.78 is 14.3. The number of hydrogen-bond acceptors (Lipinski definition) is 11. The lowest BCUT2D eigenvalue weighted by Gasteiger charge is -2.49. The van der Waals surface area contributed by atoms with Crippen LogP contribution in [0.5, 0.6) is 0 Å². The molecule has 1 saturated heterocycles. The van der Waals surface area contributed by atoms with Gasteiger partial charge in [-0.25, -0.2) is 24.7 Å². The zero-order valence-corrected chi connectivity index (χ0v) is 24.0. The van der Waals surface area contributed by atoms with Crippen LogP contribution in [-0.2, 0) is 21.7 Å². The van der Waals surface area contributed by atoms with Crippen LogP contribution in [0, 0.1) is 11.3 Å². The molecular weight excluding hydrogens is 528 g/mol. The first kappa shape index (κ1) is 27.2. The molecule has 0 atom stereocenters. The van der Waals surface area contributed by atoms with Gasteiger partial charge in [-0.2, -0.15) is 10.4 Å². The standard InChI is InChI=1S/C26H32N10O3Si/c1-38-25(37)20-11-30-21(12-29-20)35-14-26(15-35,6-7-27)36-13-19(23(28)33-36)22-18-5-8-34(24(18)32-16-31-22)17-39-9-10-40(2,3)4/h5,8,11-13,16H,6,9-10,14-15,17H2,1-4H3,(H2,28,33). The highest BCUT2D eigenvalue weighted by atomic mass is 28.3. The minimum atomic E-state index is -1.17. The number of fused-ring (bicyclic) bond motifs is 1. The van der Waals surface area contributed by atoms with E-state index < -0.39 is 19.6 Å². The SMILES string of the molecule is COC(=O)c1cnc(N2CC(CC#N)(n3cc(-c4ncnc5c4ccn5COCC[Si](C)(C)C)c(N)n3)C2)cn1. The molecular formula is C26H32N10O3Si. The van der Waals surface area contributed by atoms with Gasteiger partial charge >= 0.3 is 5.97 Å². The number of aromatic nitrogens is 7. The molecule has 4 aromatic rings. The minimum absolute atomic E-state index is 0.127. The smallest absolute Gasteiger partial charge is 0.358 e. The third-order valence-corrected chi connectivity index (χ3v) is 8.71. The first-order valence-corrected chi connectivity index (χ1v) is 16.6. The molecule has 5 heterocycles. The van der Waals surface area contributed by atoms with Gasteiger partial charge < -0.3 is 24.7 Å².